The Bertz CT molecular complexity index is 870. The summed E-state index contributed by atoms with van der Waals surface area (Å²) in [4.78, 5) is 27.4. The topological polar surface area (TPSA) is 58.6 Å². The van der Waals surface area contributed by atoms with E-state index in [9.17, 15) is 22.8 Å². The molecule has 0 aliphatic carbocycles. The number of alkyl halides is 3. The molecule has 1 unspecified atom stereocenters. The predicted octanol–water partition coefficient (Wildman–Crippen LogP) is 3.98. The first-order chi connectivity index (χ1) is 13.7. The van der Waals surface area contributed by atoms with Crippen LogP contribution in [-0.2, 0) is 16.1 Å². The van der Waals surface area contributed by atoms with Gasteiger partial charge in [0.15, 0.2) is 0 Å². The molecule has 1 aliphatic heterocycles. The second-order valence-electron chi connectivity index (χ2n) is 6.51. The van der Waals surface area contributed by atoms with Crippen LogP contribution < -0.4 is 15.0 Å². The summed E-state index contributed by atoms with van der Waals surface area (Å²) in [7, 11) is 0. The minimum Gasteiger partial charge on any atom is -0.406 e. The summed E-state index contributed by atoms with van der Waals surface area (Å²) in [6.45, 7) is 0.444. The Kier molecular flexibility index (Phi) is 6.36. The summed E-state index contributed by atoms with van der Waals surface area (Å²) >= 11 is 1.60. The SMILES string of the molecule is CSc1ccc(N2CC(C(=O)NCc3ccc(OC(F)(F)F)cc3)CC2=O)cc1. The fourth-order valence-electron chi connectivity index (χ4n) is 3.04. The van der Waals surface area contributed by atoms with Crippen LogP contribution in [0.25, 0.3) is 0 Å². The van der Waals surface area contributed by atoms with E-state index in [-0.39, 0.29) is 30.5 Å². The van der Waals surface area contributed by atoms with Gasteiger partial charge in [0.25, 0.3) is 0 Å². The number of rotatable bonds is 6. The van der Waals surface area contributed by atoms with Crippen molar-refractivity contribution in [2.45, 2.75) is 24.2 Å². The highest BCUT2D eigenvalue weighted by molar-refractivity contribution is 7.98. The standard InChI is InChI=1S/C20H19F3N2O3S/c1-29-17-8-4-15(5-9-17)25-12-14(10-18(25)26)19(27)24-11-13-2-6-16(7-3-13)28-20(21,22)23/h2-9,14H,10-12H2,1H3,(H,24,27). The number of nitrogens with one attached hydrogen (secondary N) is 1. The van der Waals surface area contributed by atoms with Crippen LogP contribution in [0.2, 0.25) is 0 Å². The van der Waals surface area contributed by atoms with Crippen molar-refractivity contribution in [2.24, 2.45) is 5.92 Å². The third-order valence-electron chi connectivity index (χ3n) is 4.50. The minimum atomic E-state index is -4.74. The van der Waals surface area contributed by atoms with Crippen molar-refractivity contribution in [3.8, 4) is 5.75 Å². The maximum absolute atomic E-state index is 12.4. The molecule has 154 valence electrons. The van der Waals surface area contributed by atoms with E-state index >= 15 is 0 Å². The van der Waals surface area contributed by atoms with Crippen LogP contribution in [0.15, 0.2) is 53.4 Å². The van der Waals surface area contributed by atoms with Gasteiger partial charge < -0.3 is 15.0 Å². The van der Waals surface area contributed by atoms with E-state index in [1.807, 2.05) is 30.5 Å². The van der Waals surface area contributed by atoms with Crippen LogP contribution in [0.3, 0.4) is 0 Å². The van der Waals surface area contributed by atoms with Crippen LogP contribution in [0.1, 0.15) is 12.0 Å². The van der Waals surface area contributed by atoms with E-state index in [0.29, 0.717) is 12.1 Å². The molecule has 1 N–H and O–H groups in total. The van der Waals surface area contributed by atoms with Gasteiger partial charge in [-0.2, -0.15) is 0 Å². The fourth-order valence-corrected chi connectivity index (χ4v) is 3.45. The number of nitrogens with zero attached hydrogens (tertiary/aromatic N) is 1. The van der Waals surface area contributed by atoms with Crippen molar-refractivity contribution >= 4 is 29.3 Å². The molecule has 1 heterocycles. The number of carbonyl (C=O) groups excluding carboxylic acids is 2. The van der Waals surface area contributed by atoms with Gasteiger partial charge >= 0.3 is 6.36 Å². The van der Waals surface area contributed by atoms with Gasteiger partial charge in [0.1, 0.15) is 5.75 Å². The lowest BCUT2D eigenvalue weighted by molar-refractivity contribution is -0.274. The number of hydrogen-bond donors (Lipinski definition) is 1. The molecule has 2 aromatic carbocycles. The van der Waals surface area contributed by atoms with Crippen LogP contribution in [0.4, 0.5) is 18.9 Å². The maximum atomic E-state index is 12.4. The van der Waals surface area contributed by atoms with Crippen LogP contribution in [0, 0.1) is 5.92 Å². The second-order valence-corrected chi connectivity index (χ2v) is 7.39. The first-order valence-corrected chi connectivity index (χ1v) is 10.0. The Morgan fingerprint density at radius 1 is 1.17 bits per heavy atom. The van der Waals surface area contributed by atoms with E-state index in [0.717, 1.165) is 10.6 Å². The van der Waals surface area contributed by atoms with Gasteiger partial charge in [0.2, 0.25) is 11.8 Å². The molecule has 29 heavy (non-hydrogen) atoms. The lowest BCUT2D eigenvalue weighted by atomic mass is 10.1. The molecule has 2 aromatic rings. The Balaban J connectivity index is 1.54. The molecule has 1 aliphatic rings. The van der Waals surface area contributed by atoms with Crippen molar-refractivity contribution < 1.29 is 27.5 Å². The lowest BCUT2D eigenvalue weighted by Gasteiger charge is -2.17. The van der Waals surface area contributed by atoms with Gasteiger partial charge in [0, 0.05) is 30.1 Å². The number of ether oxygens (including phenoxy) is 1. The zero-order valence-electron chi connectivity index (χ0n) is 15.5. The van der Waals surface area contributed by atoms with Gasteiger partial charge in [-0.3, -0.25) is 9.59 Å². The largest absolute Gasteiger partial charge is 0.573 e. The number of amides is 2. The molecule has 0 saturated carbocycles. The van der Waals surface area contributed by atoms with Crippen molar-refractivity contribution in [3.05, 3.63) is 54.1 Å². The van der Waals surface area contributed by atoms with E-state index < -0.39 is 12.3 Å². The fraction of sp³-hybridized carbons (Fsp3) is 0.300. The van der Waals surface area contributed by atoms with Crippen LogP contribution in [-0.4, -0.2) is 31.0 Å². The average Bonchev–Trinajstić information content (AvgIpc) is 3.08. The summed E-state index contributed by atoms with van der Waals surface area (Å²) in [5, 5.41) is 2.74. The molecule has 1 fully saturated rings. The van der Waals surface area contributed by atoms with E-state index in [1.165, 1.54) is 24.3 Å². The number of halogens is 3. The van der Waals surface area contributed by atoms with E-state index in [1.54, 1.807) is 16.7 Å². The van der Waals surface area contributed by atoms with Gasteiger partial charge in [-0.15, -0.1) is 24.9 Å². The number of carbonyl (C=O) groups is 2. The minimum absolute atomic E-state index is 0.115. The molecule has 0 aromatic heterocycles. The number of benzene rings is 2. The molecule has 5 nitrogen and oxygen atoms in total. The highest BCUT2D eigenvalue weighted by Crippen LogP contribution is 2.27. The molecule has 3 rings (SSSR count). The molecule has 1 atom stereocenters. The molecule has 0 bridgehead atoms. The first kappa shape index (κ1) is 21.0. The van der Waals surface area contributed by atoms with Crippen LogP contribution in [0.5, 0.6) is 5.75 Å². The second kappa shape index (κ2) is 8.77. The normalized spacial score (nSPS) is 16.8. The molecule has 0 spiro atoms. The summed E-state index contributed by atoms with van der Waals surface area (Å²) in [6.07, 6.45) is -2.66. The Labute approximate surface area is 170 Å². The smallest absolute Gasteiger partial charge is 0.406 e. The molecule has 9 heteroatoms. The van der Waals surface area contributed by atoms with Gasteiger partial charge in [0.05, 0.1) is 5.92 Å². The van der Waals surface area contributed by atoms with Gasteiger partial charge in [-0.25, -0.2) is 0 Å². The van der Waals surface area contributed by atoms with Gasteiger partial charge in [-0.05, 0) is 48.2 Å². The maximum Gasteiger partial charge on any atom is 0.573 e. The zero-order chi connectivity index (χ0) is 21.0. The zero-order valence-corrected chi connectivity index (χ0v) is 16.3. The van der Waals surface area contributed by atoms with E-state index in [4.69, 9.17) is 0 Å². The van der Waals surface area contributed by atoms with Crippen LogP contribution >= 0.6 is 11.8 Å². The molecular weight excluding hydrogens is 405 g/mol. The number of thioether (sulfide) groups is 1. The number of anilines is 1. The predicted molar refractivity (Wildman–Crippen MR) is 104 cm³/mol. The highest BCUT2D eigenvalue weighted by atomic mass is 32.2. The molecule has 2 amide bonds. The van der Waals surface area contributed by atoms with Crippen molar-refractivity contribution in [1.82, 2.24) is 5.32 Å². The Morgan fingerprint density at radius 3 is 2.41 bits per heavy atom. The number of hydrogen-bond acceptors (Lipinski definition) is 4. The Hall–Kier alpha value is -2.68. The average molecular weight is 424 g/mol. The lowest BCUT2D eigenvalue weighted by Crippen LogP contribution is -2.32. The summed E-state index contributed by atoms with van der Waals surface area (Å²) < 4.78 is 40.4. The van der Waals surface area contributed by atoms with Crippen molar-refractivity contribution in [1.29, 1.82) is 0 Å². The van der Waals surface area contributed by atoms with Crippen molar-refractivity contribution in [2.75, 3.05) is 17.7 Å². The Morgan fingerprint density at radius 2 is 1.83 bits per heavy atom. The molecule has 1 saturated heterocycles. The first-order valence-electron chi connectivity index (χ1n) is 8.82. The summed E-state index contributed by atoms with van der Waals surface area (Å²) in [6, 6.07) is 12.8. The highest BCUT2D eigenvalue weighted by Gasteiger charge is 2.35. The molecular formula is C20H19F3N2O3S. The summed E-state index contributed by atoms with van der Waals surface area (Å²) in [5.74, 6) is -1.18. The summed E-state index contributed by atoms with van der Waals surface area (Å²) in [5.41, 5.74) is 1.38. The monoisotopic (exact) mass is 424 g/mol. The third-order valence-corrected chi connectivity index (χ3v) is 5.25. The van der Waals surface area contributed by atoms with Gasteiger partial charge in [-0.1, -0.05) is 12.1 Å². The van der Waals surface area contributed by atoms with E-state index in [2.05, 4.69) is 10.1 Å². The van der Waals surface area contributed by atoms with Crippen molar-refractivity contribution in [3.63, 3.8) is 0 Å². The third kappa shape index (κ3) is 5.66. The quantitative estimate of drug-likeness (QED) is 0.713. The molecule has 0 radical (unpaired) electrons.